The van der Waals surface area contributed by atoms with Crippen molar-refractivity contribution in [2.75, 3.05) is 0 Å². The zero-order valence-electron chi connectivity index (χ0n) is 16.3. The van der Waals surface area contributed by atoms with Gasteiger partial charge in [-0.1, -0.05) is 60.1 Å². The van der Waals surface area contributed by atoms with Crippen molar-refractivity contribution >= 4 is 22.5 Å². The number of nitrogens with zero attached hydrogens (tertiary/aromatic N) is 1. The van der Waals surface area contributed by atoms with E-state index >= 15 is 0 Å². The molecule has 4 aromatic rings. The SMILES string of the molecule is Cn1c([C@@H]2Cc3ccccc3C[C@H]2c2ccc(Cl)cc2)cc(=O)c2ccccc21. The molecule has 1 aliphatic rings. The molecule has 1 aliphatic carbocycles. The number of hydrogen-bond donors (Lipinski definition) is 0. The lowest BCUT2D eigenvalue weighted by Gasteiger charge is -2.35. The number of benzene rings is 3. The molecule has 0 N–H and O–H groups in total. The number of halogens is 1. The van der Waals surface area contributed by atoms with Crippen LogP contribution in [0.25, 0.3) is 10.9 Å². The Morgan fingerprint density at radius 2 is 1.45 bits per heavy atom. The van der Waals surface area contributed by atoms with Gasteiger partial charge in [0, 0.05) is 35.1 Å². The molecule has 3 aromatic carbocycles. The van der Waals surface area contributed by atoms with Crippen molar-refractivity contribution in [1.29, 1.82) is 0 Å². The van der Waals surface area contributed by atoms with E-state index in [9.17, 15) is 4.79 Å². The molecular formula is C26H22ClNO. The molecule has 1 aromatic heterocycles. The van der Waals surface area contributed by atoms with Crippen LogP contribution >= 0.6 is 11.6 Å². The van der Waals surface area contributed by atoms with E-state index in [1.54, 1.807) is 0 Å². The molecule has 0 radical (unpaired) electrons. The van der Waals surface area contributed by atoms with Crippen molar-refractivity contribution < 1.29 is 0 Å². The second-order valence-electron chi connectivity index (χ2n) is 7.95. The van der Waals surface area contributed by atoms with Crippen LogP contribution < -0.4 is 5.43 Å². The van der Waals surface area contributed by atoms with Crippen LogP contribution in [0.15, 0.2) is 83.7 Å². The average Bonchev–Trinajstić information content (AvgIpc) is 2.76. The fraction of sp³-hybridized carbons (Fsp3) is 0.192. The minimum absolute atomic E-state index is 0.0995. The van der Waals surface area contributed by atoms with Crippen molar-refractivity contribution in [3.8, 4) is 0 Å². The van der Waals surface area contributed by atoms with Gasteiger partial charge in [0.1, 0.15) is 0 Å². The van der Waals surface area contributed by atoms with Crippen LogP contribution in [-0.4, -0.2) is 4.57 Å². The van der Waals surface area contributed by atoms with Crippen molar-refractivity contribution in [2.24, 2.45) is 7.05 Å². The maximum Gasteiger partial charge on any atom is 0.189 e. The zero-order valence-corrected chi connectivity index (χ0v) is 17.1. The van der Waals surface area contributed by atoms with E-state index in [4.69, 9.17) is 11.6 Å². The predicted molar refractivity (Wildman–Crippen MR) is 120 cm³/mol. The molecular weight excluding hydrogens is 378 g/mol. The van der Waals surface area contributed by atoms with Crippen LogP contribution in [0, 0.1) is 0 Å². The van der Waals surface area contributed by atoms with Crippen molar-refractivity contribution in [3.05, 3.63) is 116 Å². The maximum atomic E-state index is 12.9. The highest BCUT2D eigenvalue weighted by atomic mass is 35.5. The van der Waals surface area contributed by atoms with Crippen LogP contribution in [0.1, 0.15) is 34.2 Å². The van der Waals surface area contributed by atoms with Gasteiger partial charge in [-0.05, 0) is 59.7 Å². The highest BCUT2D eigenvalue weighted by molar-refractivity contribution is 6.30. The van der Waals surface area contributed by atoms with Crippen LogP contribution in [0.5, 0.6) is 0 Å². The van der Waals surface area contributed by atoms with E-state index in [1.807, 2.05) is 42.5 Å². The first-order valence-electron chi connectivity index (χ1n) is 10.0. The minimum Gasteiger partial charge on any atom is -0.347 e. The van der Waals surface area contributed by atoms with Crippen LogP contribution in [0.2, 0.25) is 5.02 Å². The minimum atomic E-state index is 0.0995. The van der Waals surface area contributed by atoms with E-state index in [-0.39, 0.29) is 11.3 Å². The summed E-state index contributed by atoms with van der Waals surface area (Å²) in [5, 5.41) is 1.53. The molecule has 0 unspecified atom stereocenters. The van der Waals surface area contributed by atoms with Gasteiger partial charge in [-0.2, -0.15) is 0 Å². The van der Waals surface area contributed by atoms with Gasteiger partial charge < -0.3 is 4.57 Å². The number of fused-ring (bicyclic) bond motifs is 2. The number of pyridine rings is 1. The average molecular weight is 400 g/mol. The lowest BCUT2D eigenvalue weighted by Crippen LogP contribution is -2.26. The normalized spacial score (nSPS) is 18.6. The molecule has 0 saturated carbocycles. The van der Waals surface area contributed by atoms with E-state index in [1.165, 1.54) is 16.7 Å². The highest BCUT2D eigenvalue weighted by Gasteiger charge is 2.32. The van der Waals surface area contributed by atoms with Crippen LogP contribution in [-0.2, 0) is 19.9 Å². The van der Waals surface area contributed by atoms with E-state index in [2.05, 4.69) is 48.0 Å². The van der Waals surface area contributed by atoms with E-state index in [0.717, 1.165) is 34.5 Å². The summed E-state index contributed by atoms with van der Waals surface area (Å²) in [6.07, 6.45) is 1.89. The lowest BCUT2D eigenvalue weighted by atomic mass is 9.71. The first-order valence-corrected chi connectivity index (χ1v) is 10.4. The second-order valence-corrected chi connectivity index (χ2v) is 8.39. The Morgan fingerprint density at radius 3 is 2.17 bits per heavy atom. The Hall–Kier alpha value is -2.84. The summed E-state index contributed by atoms with van der Waals surface area (Å²) < 4.78 is 2.21. The molecule has 0 fully saturated rings. The third-order valence-electron chi connectivity index (χ3n) is 6.36. The summed E-state index contributed by atoms with van der Waals surface area (Å²) in [6, 6.07) is 26.6. The lowest BCUT2D eigenvalue weighted by molar-refractivity contribution is 0.479. The fourth-order valence-electron chi connectivity index (χ4n) is 4.86. The summed E-state index contributed by atoms with van der Waals surface area (Å²) in [5.41, 5.74) is 6.24. The predicted octanol–water partition coefficient (Wildman–Crippen LogP) is 5.86. The van der Waals surface area contributed by atoms with Gasteiger partial charge in [0.2, 0.25) is 0 Å². The van der Waals surface area contributed by atoms with Crippen LogP contribution in [0.3, 0.4) is 0 Å². The first-order chi connectivity index (χ1) is 14.1. The van der Waals surface area contributed by atoms with Gasteiger partial charge >= 0.3 is 0 Å². The summed E-state index contributed by atoms with van der Waals surface area (Å²) in [4.78, 5) is 12.9. The third kappa shape index (κ3) is 3.18. The quantitative estimate of drug-likeness (QED) is 0.414. The van der Waals surface area contributed by atoms with Gasteiger partial charge in [-0.3, -0.25) is 4.79 Å². The maximum absolute atomic E-state index is 12.9. The van der Waals surface area contributed by atoms with Crippen LogP contribution in [0.4, 0.5) is 0 Å². The largest absolute Gasteiger partial charge is 0.347 e. The number of para-hydroxylation sites is 1. The Bertz CT molecular complexity index is 1260. The summed E-state index contributed by atoms with van der Waals surface area (Å²) in [5.74, 6) is 0.530. The van der Waals surface area contributed by atoms with Crippen molar-refractivity contribution in [2.45, 2.75) is 24.7 Å². The van der Waals surface area contributed by atoms with Crippen molar-refractivity contribution in [3.63, 3.8) is 0 Å². The monoisotopic (exact) mass is 399 g/mol. The fourth-order valence-corrected chi connectivity index (χ4v) is 4.99. The second kappa shape index (κ2) is 7.20. The molecule has 0 saturated heterocycles. The van der Waals surface area contributed by atoms with Gasteiger partial charge in [0.15, 0.2) is 5.43 Å². The summed E-state index contributed by atoms with van der Waals surface area (Å²) in [6.45, 7) is 0. The highest BCUT2D eigenvalue weighted by Crippen LogP contribution is 2.43. The third-order valence-corrected chi connectivity index (χ3v) is 6.61. The van der Waals surface area contributed by atoms with E-state index < -0.39 is 0 Å². The Balaban J connectivity index is 1.70. The molecule has 0 aliphatic heterocycles. The number of hydrogen-bond acceptors (Lipinski definition) is 1. The molecule has 0 spiro atoms. The molecule has 144 valence electrons. The van der Waals surface area contributed by atoms with Gasteiger partial charge in [0.05, 0.1) is 5.52 Å². The number of rotatable bonds is 2. The molecule has 1 heterocycles. The molecule has 3 heteroatoms. The standard InChI is InChI=1S/C26H22ClNO/c1-28-24-9-5-4-8-21(24)26(29)16-25(28)23-15-19-7-3-2-6-18(19)14-22(23)17-10-12-20(27)13-11-17/h2-13,16,22-23H,14-15H2,1H3/t22-,23+/m0/s1. The molecule has 0 bridgehead atoms. The number of aryl methyl sites for hydroxylation is 1. The van der Waals surface area contributed by atoms with Crippen molar-refractivity contribution in [1.82, 2.24) is 4.57 Å². The molecule has 29 heavy (non-hydrogen) atoms. The first kappa shape index (κ1) is 18.2. The Kier molecular flexibility index (Phi) is 4.52. The Morgan fingerprint density at radius 1 is 0.828 bits per heavy atom. The number of aromatic nitrogens is 1. The van der Waals surface area contributed by atoms with Gasteiger partial charge in [-0.25, -0.2) is 0 Å². The molecule has 2 atom stereocenters. The van der Waals surface area contributed by atoms with Gasteiger partial charge in [0.25, 0.3) is 0 Å². The molecule has 0 amide bonds. The van der Waals surface area contributed by atoms with E-state index in [0.29, 0.717) is 5.92 Å². The molecule has 5 rings (SSSR count). The topological polar surface area (TPSA) is 22.0 Å². The zero-order chi connectivity index (χ0) is 20.0. The summed E-state index contributed by atoms with van der Waals surface area (Å²) in [7, 11) is 2.08. The smallest absolute Gasteiger partial charge is 0.189 e. The Labute approximate surface area is 175 Å². The van der Waals surface area contributed by atoms with Gasteiger partial charge in [-0.15, -0.1) is 0 Å². The summed E-state index contributed by atoms with van der Waals surface area (Å²) >= 11 is 6.15. The molecule has 2 nitrogen and oxygen atoms in total.